The molecule has 6 nitrogen and oxygen atoms in total. The molecule has 0 unspecified atom stereocenters. The van der Waals surface area contributed by atoms with Crippen molar-refractivity contribution in [3.8, 4) is 17.1 Å². The van der Waals surface area contributed by atoms with E-state index in [1.165, 1.54) is 18.2 Å². The molecule has 1 aliphatic heterocycles. The molecule has 1 fully saturated rings. The number of nitrogens with zero attached hydrogens (tertiary/aromatic N) is 4. The maximum absolute atomic E-state index is 14.1. The zero-order valence-corrected chi connectivity index (χ0v) is 17.1. The Labute approximate surface area is 178 Å². The Morgan fingerprint density at radius 3 is 2.60 bits per heavy atom. The Morgan fingerprint density at radius 1 is 1.10 bits per heavy atom. The van der Waals surface area contributed by atoms with Gasteiger partial charge in [-0.2, -0.15) is 0 Å². The van der Waals surface area contributed by atoms with E-state index < -0.39 is 11.7 Å². The zero-order valence-electron chi connectivity index (χ0n) is 16.4. The summed E-state index contributed by atoms with van der Waals surface area (Å²) in [6.45, 7) is 2.04. The van der Waals surface area contributed by atoms with Crippen LogP contribution < -0.4 is 9.64 Å². The van der Waals surface area contributed by atoms with Gasteiger partial charge >= 0.3 is 0 Å². The molecule has 2 aromatic carbocycles. The minimum Gasteiger partial charge on any atom is -0.497 e. The van der Waals surface area contributed by atoms with Gasteiger partial charge in [0.2, 0.25) is 0 Å². The van der Waals surface area contributed by atoms with Crippen molar-refractivity contribution >= 4 is 23.3 Å². The number of methoxy groups -OCH3 is 1. The van der Waals surface area contributed by atoms with Crippen LogP contribution in [-0.4, -0.2) is 54.1 Å². The van der Waals surface area contributed by atoms with Gasteiger partial charge in [0, 0.05) is 37.9 Å². The summed E-state index contributed by atoms with van der Waals surface area (Å²) in [6.07, 6.45) is 1.72. The highest BCUT2D eigenvalue weighted by atomic mass is 35.5. The normalized spacial score (nSPS) is 14.0. The number of amides is 1. The third kappa shape index (κ3) is 4.07. The SMILES string of the molecule is COc1cccc(-c2nccc(N3CCN(C(=O)c4c(F)cccc4Cl)CC3)n2)c1. The molecule has 0 saturated carbocycles. The maximum Gasteiger partial charge on any atom is 0.258 e. The second-order valence-corrected chi connectivity index (χ2v) is 7.25. The molecule has 1 aromatic heterocycles. The van der Waals surface area contributed by atoms with Crippen molar-refractivity contribution in [1.82, 2.24) is 14.9 Å². The smallest absolute Gasteiger partial charge is 0.258 e. The molecule has 0 radical (unpaired) electrons. The summed E-state index contributed by atoms with van der Waals surface area (Å²) in [5.74, 6) is 1.12. The van der Waals surface area contributed by atoms with Gasteiger partial charge in [0.1, 0.15) is 17.4 Å². The lowest BCUT2D eigenvalue weighted by Gasteiger charge is -2.35. The molecule has 4 rings (SSSR count). The molecule has 1 saturated heterocycles. The summed E-state index contributed by atoms with van der Waals surface area (Å²) < 4.78 is 19.4. The zero-order chi connectivity index (χ0) is 21.1. The second kappa shape index (κ2) is 8.67. The first-order chi connectivity index (χ1) is 14.6. The van der Waals surface area contributed by atoms with Gasteiger partial charge in [-0.25, -0.2) is 14.4 Å². The third-order valence-electron chi connectivity index (χ3n) is 5.04. The number of aromatic nitrogens is 2. The molecule has 1 amide bonds. The van der Waals surface area contributed by atoms with Gasteiger partial charge < -0.3 is 14.5 Å². The molecule has 1 aliphatic rings. The van der Waals surface area contributed by atoms with E-state index in [0.717, 1.165) is 17.1 Å². The number of rotatable bonds is 4. The molecule has 154 valence electrons. The second-order valence-electron chi connectivity index (χ2n) is 6.85. The van der Waals surface area contributed by atoms with Crippen LogP contribution in [-0.2, 0) is 0 Å². The first kappa shape index (κ1) is 20.1. The highest BCUT2D eigenvalue weighted by molar-refractivity contribution is 6.33. The van der Waals surface area contributed by atoms with Crippen LogP contribution >= 0.6 is 11.6 Å². The monoisotopic (exact) mass is 426 g/mol. The Kier molecular flexibility index (Phi) is 5.81. The van der Waals surface area contributed by atoms with Gasteiger partial charge in [-0.05, 0) is 30.3 Å². The Hall–Kier alpha value is -3.19. The quantitative estimate of drug-likeness (QED) is 0.633. The van der Waals surface area contributed by atoms with Crippen molar-refractivity contribution in [2.75, 3.05) is 38.2 Å². The molecular weight excluding hydrogens is 407 g/mol. The van der Waals surface area contributed by atoms with E-state index in [1.807, 2.05) is 30.3 Å². The van der Waals surface area contributed by atoms with Crippen molar-refractivity contribution in [3.63, 3.8) is 0 Å². The lowest BCUT2D eigenvalue weighted by Crippen LogP contribution is -2.49. The van der Waals surface area contributed by atoms with Gasteiger partial charge in [-0.15, -0.1) is 0 Å². The number of anilines is 1. The number of piperazine rings is 1. The van der Waals surface area contributed by atoms with Gasteiger partial charge in [0.05, 0.1) is 17.7 Å². The molecule has 0 atom stereocenters. The fourth-order valence-electron chi connectivity index (χ4n) is 3.43. The molecule has 3 aromatic rings. The lowest BCUT2D eigenvalue weighted by molar-refractivity contribution is 0.0742. The van der Waals surface area contributed by atoms with Crippen molar-refractivity contribution in [3.05, 3.63) is 71.1 Å². The molecule has 30 heavy (non-hydrogen) atoms. The van der Waals surface area contributed by atoms with Crippen LogP contribution in [0.1, 0.15) is 10.4 Å². The standard InChI is InChI=1S/C22H20ClFN4O2/c1-30-16-5-2-4-15(14-16)21-25-9-8-19(26-21)27-10-12-28(13-11-27)22(29)20-17(23)6-3-7-18(20)24/h2-9,14H,10-13H2,1H3. The van der Waals surface area contributed by atoms with E-state index in [-0.39, 0.29) is 10.6 Å². The van der Waals surface area contributed by atoms with Crippen LogP contribution in [0.15, 0.2) is 54.7 Å². The van der Waals surface area contributed by atoms with Gasteiger partial charge in [-0.1, -0.05) is 29.8 Å². The fraction of sp³-hybridized carbons (Fsp3) is 0.227. The van der Waals surface area contributed by atoms with E-state index in [2.05, 4.69) is 14.9 Å². The Balaban J connectivity index is 1.47. The maximum atomic E-state index is 14.1. The van der Waals surface area contributed by atoms with E-state index in [0.29, 0.717) is 32.0 Å². The Morgan fingerprint density at radius 2 is 1.87 bits per heavy atom. The average molecular weight is 427 g/mol. The third-order valence-corrected chi connectivity index (χ3v) is 5.35. The van der Waals surface area contributed by atoms with Crippen LogP contribution in [0, 0.1) is 5.82 Å². The molecule has 0 bridgehead atoms. The minimum atomic E-state index is -0.603. The molecule has 0 spiro atoms. The predicted molar refractivity (Wildman–Crippen MR) is 114 cm³/mol. The summed E-state index contributed by atoms with van der Waals surface area (Å²) in [5.41, 5.74) is 0.786. The number of carbonyl (C=O) groups excluding carboxylic acids is 1. The topological polar surface area (TPSA) is 58.6 Å². The predicted octanol–water partition coefficient (Wildman–Crippen LogP) is 3.91. The van der Waals surface area contributed by atoms with Crippen LogP contribution in [0.2, 0.25) is 5.02 Å². The number of ether oxygens (including phenoxy) is 1. The van der Waals surface area contributed by atoms with E-state index in [9.17, 15) is 9.18 Å². The van der Waals surface area contributed by atoms with Gasteiger partial charge in [-0.3, -0.25) is 4.79 Å². The fourth-order valence-corrected chi connectivity index (χ4v) is 3.67. The summed E-state index contributed by atoms with van der Waals surface area (Å²) in [5, 5.41) is 0.126. The van der Waals surface area contributed by atoms with Crippen molar-refractivity contribution < 1.29 is 13.9 Å². The van der Waals surface area contributed by atoms with Gasteiger partial charge in [0.15, 0.2) is 5.82 Å². The van der Waals surface area contributed by atoms with E-state index in [1.54, 1.807) is 18.2 Å². The highest BCUT2D eigenvalue weighted by Crippen LogP contribution is 2.24. The molecular formula is C22H20ClFN4O2. The van der Waals surface area contributed by atoms with Crippen LogP contribution in [0.25, 0.3) is 11.4 Å². The van der Waals surface area contributed by atoms with Crippen LogP contribution in [0.5, 0.6) is 5.75 Å². The number of carbonyl (C=O) groups is 1. The first-order valence-corrected chi connectivity index (χ1v) is 9.90. The molecule has 8 heteroatoms. The summed E-state index contributed by atoms with van der Waals surface area (Å²) in [7, 11) is 1.62. The van der Waals surface area contributed by atoms with Crippen molar-refractivity contribution in [2.24, 2.45) is 0 Å². The van der Waals surface area contributed by atoms with E-state index in [4.69, 9.17) is 16.3 Å². The highest BCUT2D eigenvalue weighted by Gasteiger charge is 2.26. The largest absolute Gasteiger partial charge is 0.497 e. The summed E-state index contributed by atoms with van der Waals surface area (Å²) in [6, 6.07) is 13.7. The molecule has 2 heterocycles. The molecule has 0 aliphatic carbocycles. The summed E-state index contributed by atoms with van der Waals surface area (Å²) >= 11 is 6.04. The Bertz CT molecular complexity index is 1050. The lowest BCUT2D eigenvalue weighted by atomic mass is 10.1. The van der Waals surface area contributed by atoms with Gasteiger partial charge in [0.25, 0.3) is 5.91 Å². The number of halogens is 2. The van der Waals surface area contributed by atoms with E-state index >= 15 is 0 Å². The first-order valence-electron chi connectivity index (χ1n) is 9.52. The van der Waals surface area contributed by atoms with Crippen LogP contribution in [0.4, 0.5) is 10.2 Å². The van der Waals surface area contributed by atoms with Crippen LogP contribution in [0.3, 0.4) is 0 Å². The number of hydrogen-bond donors (Lipinski definition) is 0. The van der Waals surface area contributed by atoms with Crippen molar-refractivity contribution in [1.29, 1.82) is 0 Å². The summed E-state index contributed by atoms with van der Waals surface area (Å²) in [4.78, 5) is 25.5. The minimum absolute atomic E-state index is 0.0741. The van der Waals surface area contributed by atoms with Crippen molar-refractivity contribution in [2.45, 2.75) is 0 Å². The average Bonchev–Trinajstić information content (AvgIpc) is 2.79. The number of benzene rings is 2. The number of hydrogen-bond acceptors (Lipinski definition) is 5. The molecule has 0 N–H and O–H groups in total.